The fraction of sp³-hybridized carbons (Fsp3) is 0.538. The third-order valence-corrected chi connectivity index (χ3v) is 10.2. The Morgan fingerprint density at radius 2 is 2.03 bits per heavy atom. The number of nitrogens with zero attached hydrogens (tertiary/aromatic N) is 3. The highest BCUT2D eigenvalue weighted by Gasteiger charge is 2.29. The van der Waals surface area contributed by atoms with E-state index in [9.17, 15) is 9.59 Å². The van der Waals surface area contributed by atoms with Crippen LogP contribution in [0.3, 0.4) is 0 Å². The molecule has 0 aliphatic heterocycles. The molecule has 10 heteroatoms. The molecule has 3 aromatic rings. The van der Waals surface area contributed by atoms with E-state index >= 15 is 0 Å². The maximum atomic E-state index is 13.0. The molecule has 0 bridgehead atoms. The summed E-state index contributed by atoms with van der Waals surface area (Å²) in [6, 6.07) is 0. The van der Waals surface area contributed by atoms with Crippen LogP contribution in [0.4, 0.5) is 5.00 Å². The molecular weight excluding hydrogens is 513 g/mol. The molecule has 0 saturated heterocycles. The zero-order valence-electron chi connectivity index (χ0n) is 21.0. The van der Waals surface area contributed by atoms with Crippen molar-refractivity contribution < 1.29 is 14.3 Å². The minimum atomic E-state index is -0.378. The van der Waals surface area contributed by atoms with Crippen LogP contribution in [0.2, 0.25) is 0 Å². The Bertz CT molecular complexity index is 1280. The van der Waals surface area contributed by atoms with E-state index < -0.39 is 0 Å². The smallest absolute Gasteiger partial charge is 0.341 e. The fourth-order valence-corrected chi connectivity index (χ4v) is 8.45. The first-order chi connectivity index (χ1) is 17.5. The number of ether oxygens (including phenoxy) is 1. The lowest BCUT2D eigenvalue weighted by molar-refractivity contribution is -0.113. The van der Waals surface area contributed by atoms with Crippen LogP contribution in [0.15, 0.2) is 10.5 Å². The lowest BCUT2D eigenvalue weighted by Crippen LogP contribution is -2.17. The summed E-state index contributed by atoms with van der Waals surface area (Å²) in [5, 5.41) is 15.6. The molecule has 0 fully saturated rings. The van der Waals surface area contributed by atoms with Crippen molar-refractivity contribution in [3.63, 3.8) is 0 Å². The molecule has 2 aliphatic carbocycles. The molecule has 2 aliphatic rings. The Balaban J connectivity index is 1.33. The predicted molar refractivity (Wildman–Crippen MR) is 146 cm³/mol. The summed E-state index contributed by atoms with van der Waals surface area (Å²) in [5.41, 5.74) is 4.20. The van der Waals surface area contributed by atoms with Crippen molar-refractivity contribution in [2.24, 2.45) is 5.92 Å². The number of carbonyl (C=O) groups excluding carboxylic acids is 2. The molecule has 3 aromatic heterocycles. The van der Waals surface area contributed by atoms with Gasteiger partial charge in [0.2, 0.25) is 5.91 Å². The topological polar surface area (TPSA) is 86.1 Å². The number of amides is 1. The van der Waals surface area contributed by atoms with Crippen LogP contribution < -0.4 is 5.32 Å². The molecule has 0 saturated carbocycles. The van der Waals surface area contributed by atoms with E-state index in [1.165, 1.54) is 63.9 Å². The van der Waals surface area contributed by atoms with Gasteiger partial charge in [-0.05, 0) is 68.4 Å². The molecule has 7 nitrogen and oxygen atoms in total. The SMILES string of the molecule is CCCn1c(SCC(=O)Nc2sc3c(c2C(=O)OC)CCC(C)C3)nnc1-c1csc2c1CCCC2. The number of fused-ring (bicyclic) bond motifs is 2. The number of esters is 1. The Kier molecular flexibility index (Phi) is 7.83. The standard InChI is InChI=1S/C26H32N4O3S3/c1-4-11-30-23(18-13-34-19-8-6-5-7-16(18)19)28-29-26(30)35-14-21(31)27-24-22(25(32)33-3)17-10-9-15(2)12-20(17)36-24/h13,15H,4-12,14H2,1-3H3,(H,27,31). The molecule has 0 spiro atoms. The van der Waals surface area contributed by atoms with E-state index in [-0.39, 0.29) is 17.6 Å². The normalized spacial score (nSPS) is 16.9. The van der Waals surface area contributed by atoms with Crippen molar-refractivity contribution >= 4 is 51.3 Å². The molecule has 36 heavy (non-hydrogen) atoms. The average Bonchev–Trinajstić information content (AvgIpc) is 3.57. The van der Waals surface area contributed by atoms with Crippen molar-refractivity contribution in [2.75, 3.05) is 18.2 Å². The van der Waals surface area contributed by atoms with Crippen molar-refractivity contribution in [1.82, 2.24) is 14.8 Å². The van der Waals surface area contributed by atoms with Gasteiger partial charge in [-0.1, -0.05) is 25.6 Å². The lowest BCUT2D eigenvalue weighted by atomic mass is 9.88. The average molecular weight is 545 g/mol. The van der Waals surface area contributed by atoms with Gasteiger partial charge in [0.15, 0.2) is 11.0 Å². The van der Waals surface area contributed by atoms with E-state index in [1.54, 1.807) is 0 Å². The molecule has 1 atom stereocenters. The first-order valence-corrected chi connectivity index (χ1v) is 15.4. The van der Waals surface area contributed by atoms with Crippen molar-refractivity contribution in [2.45, 2.75) is 76.9 Å². The van der Waals surface area contributed by atoms with E-state index in [0.29, 0.717) is 16.5 Å². The number of rotatable bonds is 8. The van der Waals surface area contributed by atoms with Gasteiger partial charge in [-0.25, -0.2) is 4.79 Å². The Labute approximate surface area is 224 Å². The van der Waals surface area contributed by atoms with Gasteiger partial charge in [0, 0.05) is 27.2 Å². The third kappa shape index (κ3) is 4.99. The number of hydrogen-bond donors (Lipinski definition) is 1. The molecule has 3 heterocycles. The van der Waals surface area contributed by atoms with Gasteiger partial charge in [-0.15, -0.1) is 32.9 Å². The number of aryl methyl sites for hydroxylation is 1. The summed E-state index contributed by atoms with van der Waals surface area (Å²) < 4.78 is 7.20. The van der Waals surface area contributed by atoms with Crippen molar-refractivity contribution in [3.8, 4) is 11.4 Å². The van der Waals surface area contributed by atoms with E-state index in [0.717, 1.165) is 61.6 Å². The van der Waals surface area contributed by atoms with Crippen LogP contribution in [0.5, 0.6) is 0 Å². The minimum absolute atomic E-state index is 0.155. The zero-order valence-corrected chi connectivity index (χ0v) is 23.5. The first-order valence-electron chi connectivity index (χ1n) is 12.7. The highest BCUT2D eigenvalue weighted by Crippen LogP contribution is 2.40. The Hall–Kier alpha value is -2.17. The maximum Gasteiger partial charge on any atom is 0.341 e. The zero-order chi connectivity index (χ0) is 25.2. The van der Waals surface area contributed by atoms with E-state index in [1.807, 2.05) is 11.3 Å². The van der Waals surface area contributed by atoms with Gasteiger partial charge in [0.05, 0.1) is 18.4 Å². The van der Waals surface area contributed by atoms with Crippen molar-refractivity contribution in [3.05, 3.63) is 31.8 Å². The van der Waals surface area contributed by atoms with Gasteiger partial charge >= 0.3 is 5.97 Å². The summed E-state index contributed by atoms with van der Waals surface area (Å²) in [6.45, 7) is 5.17. The summed E-state index contributed by atoms with van der Waals surface area (Å²) in [4.78, 5) is 28.2. The van der Waals surface area contributed by atoms with Crippen LogP contribution in [0.25, 0.3) is 11.4 Å². The summed E-state index contributed by atoms with van der Waals surface area (Å²) in [5.74, 6) is 1.15. The highest BCUT2D eigenvalue weighted by molar-refractivity contribution is 7.99. The number of methoxy groups -OCH3 is 1. The molecule has 5 rings (SSSR count). The number of carbonyl (C=O) groups is 2. The summed E-state index contributed by atoms with van der Waals surface area (Å²) in [6.07, 6.45) is 8.51. The third-order valence-electron chi connectivity index (χ3n) is 6.95. The van der Waals surface area contributed by atoms with E-state index in [2.05, 4.69) is 39.3 Å². The summed E-state index contributed by atoms with van der Waals surface area (Å²) in [7, 11) is 1.39. The quantitative estimate of drug-likeness (QED) is 0.277. The molecule has 192 valence electrons. The van der Waals surface area contributed by atoms with Crippen LogP contribution in [-0.4, -0.2) is 39.5 Å². The second kappa shape index (κ2) is 11.1. The molecule has 1 N–H and O–H groups in total. The van der Waals surface area contributed by atoms with Crippen molar-refractivity contribution in [1.29, 1.82) is 0 Å². The second-order valence-electron chi connectivity index (χ2n) is 9.60. The molecule has 0 aromatic carbocycles. The number of nitrogens with one attached hydrogen (secondary N) is 1. The molecule has 1 unspecified atom stereocenters. The van der Waals surface area contributed by atoms with Gasteiger partial charge in [0.1, 0.15) is 5.00 Å². The monoisotopic (exact) mass is 544 g/mol. The van der Waals surface area contributed by atoms with Crippen LogP contribution >= 0.6 is 34.4 Å². The second-order valence-corrected chi connectivity index (χ2v) is 12.6. The first kappa shape index (κ1) is 25.5. The summed E-state index contributed by atoms with van der Waals surface area (Å²) >= 11 is 4.74. The Morgan fingerprint density at radius 1 is 1.19 bits per heavy atom. The molecular formula is C26H32N4O3S3. The number of hydrogen-bond acceptors (Lipinski definition) is 8. The predicted octanol–water partition coefficient (Wildman–Crippen LogP) is 6.00. The van der Waals surface area contributed by atoms with Gasteiger partial charge < -0.3 is 14.6 Å². The minimum Gasteiger partial charge on any atom is -0.465 e. The molecule has 1 amide bonds. The fourth-order valence-electron chi connectivity index (χ4n) is 5.15. The van der Waals surface area contributed by atoms with E-state index in [4.69, 9.17) is 4.74 Å². The van der Waals surface area contributed by atoms with Crippen LogP contribution in [0, 0.1) is 5.92 Å². The van der Waals surface area contributed by atoms with Gasteiger partial charge in [-0.2, -0.15) is 0 Å². The molecule has 0 radical (unpaired) electrons. The Morgan fingerprint density at radius 3 is 2.83 bits per heavy atom. The number of thioether (sulfide) groups is 1. The number of anilines is 1. The number of aromatic nitrogens is 3. The largest absolute Gasteiger partial charge is 0.465 e. The van der Waals surface area contributed by atoms with Crippen LogP contribution in [0.1, 0.15) is 70.8 Å². The number of thiophene rings is 2. The highest BCUT2D eigenvalue weighted by atomic mass is 32.2. The van der Waals surface area contributed by atoms with Gasteiger partial charge in [0.25, 0.3) is 0 Å². The lowest BCUT2D eigenvalue weighted by Gasteiger charge is -2.18. The van der Waals surface area contributed by atoms with Gasteiger partial charge in [-0.3, -0.25) is 4.79 Å². The maximum absolute atomic E-state index is 13.0. The van der Waals surface area contributed by atoms with Crippen LogP contribution in [-0.2, 0) is 41.8 Å².